The van der Waals surface area contributed by atoms with Crippen molar-refractivity contribution in [3.8, 4) is 0 Å². The molecule has 1 saturated heterocycles. The third-order valence-corrected chi connectivity index (χ3v) is 3.74. The van der Waals surface area contributed by atoms with Crippen LogP contribution in [-0.4, -0.2) is 80.0 Å². The number of nitrogens with two attached hydrogens (primary N) is 1. The van der Waals surface area contributed by atoms with E-state index in [1.807, 2.05) is 0 Å². The highest BCUT2D eigenvalue weighted by atomic mass is 31.2. The van der Waals surface area contributed by atoms with Crippen LogP contribution < -0.4 is 5.73 Å². The highest BCUT2D eigenvalue weighted by molar-refractivity contribution is 7.46. The van der Waals surface area contributed by atoms with E-state index in [-0.39, 0.29) is 6.61 Å². The average Bonchev–Trinajstić information content (AvgIpc) is 2.34. The predicted octanol–water partition coefficient (Wildman–Crippen LogP) is -1.08. The summed E-state index contributed by atoms with van der Waals surface area (Å²) in [6, 6.07) is 0. The Labute approximate surface area is 113 Å². The highest BCUT2D eigenvalue weighted by Gasteiger charge is 2.31. The van der Waals surface area contributed by atoms with Gasteiger partial charge >= 0.3 is 7.82 Å². The fraction of sp³-hybridized carbons (Fsp3) is 1.00. The Kier molecular flexibility index (Phi) is 7.41. The summed E-state index contributed by atoms with van der Waals surface area (Å²) in [5.74, 6) is 0. The average molecular weight is 299 g/mol. The third-order valence-electron chi connectivity index (χ3n) is 3.22. The Balaban J connectivity index is 2.38. The summed E-state index contributed by atoms with van der Waals surface area (Å²) in [5.41, 5.74) is 5.35. The Hall–Kier alpha value is -0.0500. The molecule has 0 amide bonds. The molecule has 1 aliphatic heterocycles. The molecular weight excluding hydrogens is 275 g/mol. The second kappa shape index (κ2) is 8.28. The molecular formula is C10H24N2O6P+. The summed E-state index contributed by atoms with van der Waals surface area (Å²) in [6.07, 6.45) is 0. The summed E-state index contributed by atoms with van der Waals surface area (Å²) < 4.78 is 26.6. The molecule has 1 rings (SSSR count). The van der Waals surface area contributed by atoms with Crippen LogP contribution in [0.25, 0.3) is 0 Å². The van der Waals surface area contributed by atoms with Gasteiger partial charge in [0.05, 0.1) is 26.4 Å². The molecule has 114 valence electrons. The lowest BCUT2D eigenvalue weighted by Gasteiger charge is -2.41. The van der Waals surface area contributed by atoms with E-state index in [4.69, 9.17) is 25.0 Å². The van der Waals surface area contributed by atoms with Crippen LogP contribution in [0.2, 0.25) is 0 Å². The van der Waals surface area contributed by atoms with E-state index < -0.39 is 7.82 Å². The van der Waals surface area contributed by atoms with E-state index in [1.165, 1.54) is 0 Å². The molecule has 0 aromatic heterocycles. The summed E-state index contributed by atoms with van der Waals surface area (Å²) in [7, 11) is -4.39. The molecule has 0 spiro atoms. The van der Waals surface area contributed by atoms with E-state index in [2.05, 4.69) is 4.52 Å². The maximum Gasteiger partial charge on any atom is 0.469 e. The standard InChI is InChI=1S/C10H23N2O6P/c11-1-6-16-7-2-12(3-8-17-9-4-12)5-10-18-19(13,14)15/h1-11H2,(H-,13,14,15)/p+1. The van der Waals surface area contributed by atoms with Gasteiger partial charge in [0, 0.05) is 6.54 Å². The lowest BCUT2D eigenvalue weighted by molar-refractivity contribution is -0.935. The van der Waals surface area contributed by atoms with E-state index in [0.717, 1.165) is 19.6 Å². The minimum Gasteiger partial charge on any atom is -0.374 e. The predicted molar refractivity (Wildman–Crippen MR) is 68.4 cm³/mol. The van der Waals surface area contributed by atoms with Crippen molar-refractivity contribution in [2.45, 2.75) is 0 Å². The summed E-state index contributed by atoms with van der Waals surface area (Å²) in [6.45, 7) is 5.83. The lowest BCUT2D eigenvalue weighted by Crippen LogP contribution is -2.58. The smallest absolute Gasteiger partial charge is 0.374 e. The molecule has 1 heterocycles. The normalized spacial score (nSPS) is 19.5. The molecule has 0 unspecified atom stereocenters. The number of quaternary nitrogens is 1. The Bertz CT molecular complexity index is 292. The van der Waals surface area contributed by atoms with Crippen LogP contribution >= 0.6 is 7.82 Å². The fourth-order valence-corrected chi connectivity index (χ4v) is 2.41. The number of hydrogen-bond donors (Lipinski definition) is 3. The van der Waals surface area contributed by atoms with Crippen LogP contribution in [0, 0.1) is 0 Å². The van der Waals surface area contributed by atoms with Gasteiger partial charge in [0.15, 0.2) is 0 Å². The van der Waals surface area contributed by atoms with Crippen LogP contribution in [0.15, 0.2) is 0 Å². The second-order valence-corrected chi connectivity index (χ2v) is 5.81. The van der Waals surface area contributed by atoms with Crippen molar-refractivity contribution in [3.63, 3.8) is 0 Å². The monoisotopic (exact) mass is 299 g/mol. The first kappa shape index (κ1) is 17.0. The number of morpholine rings is 1. The summed E-state index contributed by atoms with van der Waals surface area (Å²) in [5, 5.41) is 0. The minimum atomic E-state index is -4.39. The van der Waals surface area contributed by atoms with Gasteiger partial charge in [-0.2, -0.15) is 0 Å². The quantitative estimate of drug-likeness (QED) is 0.282. The number of phosphoric acid groups is 1. The SMILES string of the molecule is NCCOCC[N+]1(CCOP(=O)(O)O)CCOCC1. The van der Waals surface area contributed by atoms with Crippen molar-refractivity contribution in [2.75, 3.05) is 65.8 Å². The van der Waals surface area contributed by atoms with E-state index in [1.54, 1.807) is 0 Å². The number of nitrogens with zero attached hydrogens (tertiary/aromatic N) is 1. The molecule has 4 N–H and O–H groups in total. The molecule has 9 heteroatoms. The van der Waals surface area contributed by atoms with Crippen molar-refractivity contribution < 1.29 is 32.8 Å². The lowest BCUT2D eigenvalue weighted by atomic mass is 10.3. The van der Waals surface area contributed by atoms with Crippen molar-refractivity contribution in [2.24, 2.45) is 5.73 Å². The van der Waals surface area contributed by atoms with Crippen molar-refractivity contribution in [3.05, 3.63) is 0 Å². The van der Waals surface area contributed by atoms with Gasteiger partial charge in [-0.25, -0.2) is 4.57 Å². The van der Waals surface area contributed by atoms with Crippen LogP contribution in [0.5, 0.6) is 0 Å². The second-order valence-electron chi connectivity index (χ2n) is 4.57. The van der Waals surface area contributed by atoms with Gasteiger partial charge < -0.3 is 29.5 Å². The van der Waals surface area contributed by atoms with Gasteiger partial charge in [0.1, 0.15) is 32.8 Å². The molecule has 19 heavy (non-hydrogen) atoms. The molecule has 1 aliphatic rings. The number of hydrogen-bond acceptors (Lipinski definition) is 5. The molecule has 0 aliphatic carbocycles. The molecule has 0 saturated carbocycles. The third kappa shape index (κ3) is 7.34. The zero-order valence-electron chi connectivity index (χ0n) is 11.1. The zero-order valence-corrected chi connectivity index (χ0v) is 12.0. The Morgan fingerprint density at radius 1 is 1.16 bits per heavy atom. The first-order chi connectivity index (χ1) is 8.97. The van der Waals surface area contributed by atoms with Crippen LogP contribution in [0.1, 0.15) is 0 Å². The zero-order chi connectivity index (χ0) is 14.2. The first-order valence-electron chi connectivity index (χ1n) is 6.38. The van der Waals surface area contributed by atoms with E-state index in [0.29, 0.717) is 44.0 Å². The summed E-state index contributed by atoms with van der Waals surface area (Å²) >= 11 is 0. The first-order valence-corrected chi connectivity index (χ1v) is 7.91. The minimum absolute atomic E-state index is 0.0289. The molecule has 1 fully saturated rings. The van der Waals surface area contributed by atoms with Crippen molar-refractivity contribution >= 4 is 7.82 Å². The van der Waals surface area contributed by atoms with Gasteiger partial charge in [-0.15, -0.1) is 0 Å². The van der Waals surface area contributed by atoms with Gasteiger partial charge in [0.2, 0.25) is 0 Å². The van der Waals surface area contributed by atoms with Gasteiger partial charge in [-0.1, -0.05) is 0 Å². The van der Waals surface area contributed by atoms with Gasteiger partial charge in [-0.05, 0) is 0 Å². The molecule has 0 bridgehead atoms. The van der Waals surface area contributed by atoms with E-state index >= 15 is 0 Å². The van der Waals surface area contributed by atoms with Crippen molar-refractivity contribution in [1.29, 1.82) is 0 Å². The largest absolute Gasteiger partial charge is 0.469 e. The maximum absolute atomic E-state index is 10.7. The molecule has 0 atom stereocenters. The topological polar surface area (TPSA) is 111 Å². The molecule has 0 radical (unpaired) electrons. The number of phosphoric ester groups is 1. The number of rotatable bonds is 9. The van der Waals surface area contributed by atoms with Gasteiger partial charge in [0.25, 0.3) is 0 Å². The Morgan fingerprint density at radius 2 is 1.79 bits per heavy atom. The molecule has 8 nitrogen and oxygen atoms in total. The molecule has 0 aromatic carbocycles. The van der Waals surface area contributed by atoms with Crippen LogP contribution in [0.3, 0.4) is 0 Å². The molecule has 0 aromatic rings. The maximum atomic E-state index is 10.7. The Morgan fingerprint density at radius 3 is 2.37 bits per heavy atom. The number of ether oxygens (including phenoxy) is 2. The fourth-order valence-electron chi connectivity index (χ4n) is 2.09. The van der Waals surface area contributed by atoms with Crippen LogP contribution in [0.4, 0.5) is 0 Å². The summed E-state index contributed by atoms with van der Waals surface area (Å²) in [4.78, 5) is 17.4. The van der Waals surface area contributed by atoms with Gasteiger partial charge in [-0.3, -0.25) is 4.52 Å². The van der Waals surface area contributed by atoms with Crippen LogP contribution in [-0.2, 0) is 18.6 Å². The van der Waals surface area contributed by atoms with Crippen molar-refractivity contribution in [1.82, 2.24) is 0 Å². The highest BCUT2D eigenvalue weighted by Crippen LogP contribution is 2.35. The van der Waals surface area contributed by atoms with E-state index in [9.17, 15) is 4.57 Å².